The van der Waals surface area contributed by atoms with Crippen LogP contribution in [-0.4, -0.2) is 14.7 Å². The summed E-state index contributed by atoms with van der Waals surface area (Å²) in [5.41, 5.74) is 1.89. The van der Waals surface area contributed by atoms with Gasteiger partial charge >= 0.3 is 0 Å². The summed E-state index contributed by atoms with van der Waals surface area (Å²) in [6.45, 7) is 2.46. The molecular weight excluding hydrogens is 244 g/mol. The van der Waals surface area contributed by atoms with Crippen molar-refractivity contribution in [2.45, 2.75) is 19.5 Å². The fourth-order valence-corrected chi connectivity index (χ4v) is 1.88. The van der Waals surface area contributed by atoms with Crippen LogP contribution in [0.4, 0.5) is 5.69 Å². The molecule has 1 heterocycles. The number of hydrogen-bond acceptors (Lipinski definition) is 4. The molecule has 1 unspecified atom stereocenters. The van der Waals surface area contributed by atoms with E-state index in [4.69, 9.17) is 0 Å². The molecule has 0 bridgehead atoms. The second kappa shape index (κ2) is 5.62. The highest BCUT2D eigenvalue weighted by molar-refractivity contribution is 5.39. The first-order valence-corrected chi connectivity index (χ1v) is 6.02. The second-order valence-corrected chi connectivity index (χ2v) is 4.44. The summed E-state index contributed by atoms with van der Waals surface area (Å²) < 4.78 is 1.73. The number of para-hydroxylation sites is 1. The second-order valence-electron chi connectivity index (χ2n) is 4.44. The molecule has 1 N–H and O–H groups in total. The molecule has 0 radical (unpaired) electrons. The largest absolute Gasteiger partial charge is 0.306 e. The highest BCUT2D eigenvalue weighted by Gasteiger charge is 2.13. The summed E-state index contributed by atoms with van der Waals surface area (Å²) in [4.78, 5) is 10.5. The molecule has 1 aromatic heterocycles. The van der Waals surface area contributed by atoms with Crippen molar-refractivity contribution in [1.29, 1.82) is 0 Å². The zero-order valence-electron chi connectivity index (χ0n) is 10.9. The van der Waals surface area contributed by atoms with Gasteiger partial charge in [-0.1, -0.05) is 18.2 Å². The summed E-state index contributed by atoms with van der Waals surface area (Å²) in [7, 11) is 1.86. The molecule has 0 saturated heterocycles. The number of nitro benzene ring substituents is 1. The Morgan fingerprint density at radius 1 is 1.47 bits per heavy atom. The van der Waals surface area contributed by atoms with Crippen molar-refractivity contribution in [1.82, 2.24) is 15.1 Å². The van der Waals surface area contributed by atoms with Gasteiger partial charge in [0.1, 0.15) is 0 Å². The normalized spacial score (nSPS) is 12.3. The zero-order valence-corrected chi connectivity index (χ0v) is 10.9. The third kappa shape index (κ3) is 3.17. The molecule has 0 aliphatic heterocycles. The molecule has 0 fully saturated rings. The standard InChI is InChI=1S/C13H16N4O2/c1-10(12-8-15-16(2)9-12)14-7-11-5-3-4-6-13(11)17(18)19/h3-6,8-10,14H,7H2,1-2H3. The first-order valence-electron chi connectivity index (χ1n) is 6.02. The van der Waals surface area contributed by atoms with E-state index >= 15 is 0 Å². The molecule has 0 spiro atoms. The van der Waals surface area contributed by atoms with Gasteiger partial charge in [0.2, 0.25) is 0 Å². The van der Waals surface area contributed by atoms with Gasteiger partial charge in [-0.2, -0.15) is 5.10 Å². The predicted molar refractivity (Wildman–Crippen MR) is 71.6 cm³/mol. The van der Waals surface area contributed by atoms with Crippen LogP contribution in [0.3, 0.4) is 0 Å². The molecule has 0 aliphatic carbocycles. The van der Waals surface area contributed by atoms with Crippen LogP contribution in [0.5, 0.6) is 0 Å². The highest BCUT2D eigenvalue weighted by atomic mass is 16.6. The lowest BCUT2D eigenvalue weighted by atomic mass is 10.1. The van der Waals surface area contributed by atoms with E-state index in [1.165, 1.54) is 6.07 Å². The van der Waals surface area contributed by atoms with Crippen LogP contribution in [0.1, 0.15) is 24.1 Å². The van der Waals surface area contributed by atoms with Crippen LogP contribution in [-0.2, 0) is 13.6 Å². The van der Waals surface area contributed by atoms with Gasteiger partial charge in [-0.15, -0.1) is 0 Å². The van der Waals surface area contributed by atoms with E-state index in [0.717, 1.165) is 5.56 Å². The maximum absolute atomic E-state index is 10.9. The first kappa shape index (κ1) is 13.2. The number of hydrogen-bond donors (Lipinski definition) is 1. The van der Waals surface area contributed by atoms with E-state index in [2.05, 4.69) is 10.4 Å². The summed E-state index contributed by atoms with van der Waals surface area (Å²) >= 11 is 0. The van der Waals surface area contributed by atoms with E-state index in [1.807, 2.05) is 20.2 Å². The minimum Gasteiger partial charge on any atom is -0.306 e. The zero-order chi connectivity index (χ0) is 13.8. The molecular formula is C13H16N4O2. The predicted octanol–water partition coefficient (Wildman–Crippen LogP) is 2.18. The molecule has 1 atom stereocenters. The molecule has 1 aromatic carbocycles. The van der Waals surface area contributed by atoms with Crippen LogP contribution >= 0.6 is 0 Å². The fraction of sp³-hybridized carbons (Fsp3) is 0.308. The number of nitro groups is 1. The van der Waals surface area contributed by atoms with E-state index in [0.29, 0.717) is 12.1 Å². The van der Waals surface area contributed by atoms with Gasteiger partial charge in [-0.05, 0) is 6.92 Å². The quantitative estimate of drug-likeness (QED) is 0.660. The lowest BCUT2D eigenvalue weighted by Gasteiger charge is -2.12. The summed E-state index contributed by atoms with van der Waals surface area (Å²) in [6, 6.07) is 6.85. The third-order valence-electron chi connectivity index (χ3n) is 3.01. The van der Waals surface area contributed by atoms with Crippen molar-refractivity contribution in [3.05, 3.63) is 57.9 Å². The smallest absolute Gasteiger partial charge is 0.273 e. The third-order valence-corrected chi connectivity index (χ3v) is 3.01. The molecule has 2 aromatic rings. The van der Waals surface area contributed by atoms with Gasteiger partial charge in [-0.25, -0.2) is 0 Å². The number of nitrogens with one attached hydrogen (secondary N) is 1. The lowest BCUT2D eigenvalue weighted by Crippen LogP contribution is -2.18. The molecule has 0 saturated carbocycles. The van der Waals surface area contributed by atoms with Gasteiger partial charge in [0.15, 0.2) is 0 Å². The van der Waals surface area contributed by atoms with Crippen LogP contribution < -0.4 is 5.32 Å². The minimum absolute atomic E-state index is 0.0912. The van der Waals surface area contributed by atoms with Crippen molar-refractivity contribution in [2.24, 2.45) is 7.05 Å². The minimum atomic E-state index is -0.355. The Labute approximate surface area is 111 Å². The van der Waals surface area contributed by atoms with E-state index in [-0.39, 0.29) is 16.7 Å². The molecule has 6 nitrogen and oxygen atoms in total. The Morgan fingerprint density at radius 3 is 2.84 bits per heavy atom. The van der Waals surface area contributed by atoms with E-state index in [1.54, 1.807) is 29.1 Å². The Bertz CT molecular complexity index is 580. The lowest BCUT2D eigenvalue weighted by molar-refractivity contribution is -0.385. The van der Waals surface area contributed by atoms with Gasteiger partial charge in [0.25, 0.3) is 5.69 Å². The topological polar surface area (TPSA) is 73.0 Å². The van der Waals surface area contributed by atoms with Crippen LogP contribution in [0, 0.1) is 10.1 Å². The number of aromatic nitrogens is 2. The van der Waals surface area contributed by atoms with Crippen molar-refractivity contribution < 1.29 is 4.92 Å². The van der Waals surface area contributed by atoms with E-state index < -0.39 is 0 Å². The summed E-state index contributed by atoms with van der Waals surface area (Å²) in [5.74, 6) is 0. The monoisotopic (exact) mass is 260 g/mol. The SMILES string of the molecule is CC(NCc1ccccc1[N+](=O)[O-])c1cnn(C)c1. The Balaban J connectivity index is 2.05. The molecule has 0 aliphatic rings. The van der Waals surface area contributed by atoms with E-state index in [9.17, 15) is 10.1 Å². The number of aryl methyl sites for hydroxylation is 1. The van der Waals surface area contributed by atoms with Crippen molar-refractivity contribution in [2.75, 3.05) is 0 Å². The van der Waals surface area contributed by atoms with Gasteiger partial charge in [0, 0.05) is 43.0 Å². The molecule has 19 heavy (non-hydrogen) atoms. The highest BCUT2D eigenvalue weighted by Crippen LogP contribution is 2.19. The van der Waals surface area contributed by atoms with Gasteiger partial charge in [-0.3, -0.25) is 14.8 Å². The molecule has 0 amide bonds. The van der Waals surface area contributed by atoms with Crippen LogP contribution in [0.2, 0.25) is 0 Å². The maximum atomic E-state index is 10.9. The summed E-state index contributed by atoms with van der Waals surface area (Å²) in [6.07, 6.45) is 3.72. The number of benzene rings is 1. The molecule has 6 heteroatoms. The fourth-order valence-electron chi connectivity index (χ4n) is 1.88. The molecule has 100 valence electrons. The van der Waals surface area contributed by atoms with Gasteiger partial charge in [0.05, 0.1) is 11.1 Å². The van der Waals surface area contributed by atoms with Crippen LogP contribution in [0.25, 0.3) is 0 Å². The van der Waals surface area contributed by atoms with Crippen LogP contribution in [0.15, 0.2) is 36.7 Å². The number of nitrogens with zero attached hydrogens (tertiary/aromatic N) is 3. The van der Waals surface area contributed by atoms with Crippen molar-refractivity contribution in [3.8, 4) is 0 Å². The molecule has 2 rings (SSSR count). The Hall–Kier alpha value is -2.21. The Morgan fingerprint density at radius 2 is 2.21 bits per heavy atom. The number of rotatable bonds is 5. The maximum Gasteiger partial charge on any atom is 0.273 e. The van der Waals surface area contributed by atoms with Crippen molar-refractivity contribution >= 4 is 5.69 Å². The first-order chi connectivity index (χ1) is 9.08. The van der Waals surface area contributed by atoms with Gasteiger partial charge < -0.3 is 5.32 Å². The average molecular weight is 260 g/mol. The average Bonchev–Trinajstić information content (AvgIpc) is 2.83. The summed E-state index contributed by atoms with van der Waals surface area (Å²) in [5, 5.41) is 18.3. The Kier molecular flexibility index (Phi) is 3.91. The van der Waals surface area contributed by atoms with Crippen molar-refractivity contribution in [3.63, 3.8) is 0 Å².